The van der Waals surface area contributed by atoms with Gasteiger partial charge in [0.2, 0.25) is 0 Å². The standard InChI is InChI=1S/C18H25NO2/c20-18(15-11-16-8-9-17(12-15)19-16)7-4-10-21-13-14-5-2-1-3-6-14/h1-3,5-6,15-17,19H,4,7-13H2. The van der Waals surface area contributed by atoms with E-state index >= 15 is 0 Å². The normalized spacial score (nSPS) is 27.7. The molecule has 2 saturated heterocycles. The number of hydrogen-bond donors (Lipinski definition) is 1. The highest BCUT2D eigenvalue weighted by atomic mass is 16.5. The first kappa shape index (κ1) is 14.7. The minimum Gasteiger partial charge on any atom is -0.377 e. The fraction of sp³-hybridized carbons (Fsp3) is 0.611. The van der Waals surface area contributed by atoms with Crippen LogP contribution in [0.1, 0.15) is 44.1 Å². The van der Waals surface area contributed by atoms with Crippen molar-refractivity contribution in [1.29, 1.82) is 0 Å². The molecule has 3 heteroatoms. The van der Waals surface area contributed by atoms with Crippen molar-refractivity contribution >= 4 is 5.78 Å². The van der Waals surface area contributed by atoms with Crippen LogP contribution in [-0.2, 0) is 16.1 Å². The number of carbonyl (C=O) groups is 1. The molecule has 0 saturated carbocycles. The molecule has 2 fully saturated rings. The summed E-state index contributed by atoms with van der Waals surface area (Å²) in [6.07, 6.45) is 6.16. The fourth-order valence-electron chi connectivity index (χ4n) is 3.64. The summed E-state index contributed by atoms with van der Waals surface area (Å²) in [5.74, 6) is 0.759. The van der Waals surface area contributed by atoms with E-state index in [-0.39, 0.29) is 0 Å². The lowest BCUT2D eigenvalue weighted by Gasteiger charge is -2.28. The fourth-order valence-corrected chi connectivity index (χ4v) is 3.64. The summed E-state index contributed by atoms with van der Waals surface area (Å²) < 4.78 is 5.65. The van der Waals surface area contributed by atoms with E-state index in [4.69, 9.17) is 4.74 Å². The molecule has 0 radical (unpaired) electrons. The van der Waals surface area contributed by atoms with Crippen molar-refractivity contribution in [2.45, 2.75) is 57.2 Å². The predicted molar refractivity (Wildman–Crippen MR) is 83.0 cm³/mol. The maximum absolute atomic E-state index is 12.3. The number of piperidine rings is 1. The van der Waals surface area contributed by atoms with Crippen molar-refractivity contribution in [3.05, 3.63) is 35.9 Å². The van der Waals surface area contributed by atoms with Gasteiger partial charge in [0.1, 0.15) is 5.78 Å². The first-order valence-electron chi connectivity index (χ1n) is 8.21. The van der Waals surface area contributed by atoms with Gasteiger partial charge in [0.05, 0.1) is 6.61 Å². The minimum atomic E-state index is 0.304. The van der Waals surface area contributed by atoms with Crippen molar-refractivity contribution in [3.8, 4) is 0 Å². The summed E-state index contributed by atoms with van der Waals surface area (Å²) in [7, 11) is 0. The third-order valence-corrected chi connectivity index (χ3v) is 4.75. The van der Waals surface area contributed by atoms with E-state index in [1.807, 2.05) is 18.2 Å². The summed E-state index contributed by atoms with van der Waals surface area (Å²) in [6.45, 7) is 1.32. The van der Waals surface area contributed by atoms with E-state index in [0.717, 1.165) is 19.3 Å². The SMILES string of the molecule is O=C(CCCOCc1ccccc1)C1CC2CCC(C1)N2. The van der Waals surface area contributed by atoms with Crippen molar-refractivity contribution in [1.82, 2.24) is 5.32 Å². The molecule has 2 aliphatic heterocycles. The number of Topliss-reactive ketones (excluding diaryl/α,β-unsaturated/α-hetero) is 1. The first-order chi connectivity index (χ1) is 10.3. The Hall–Kier alpha value is -1.19. The van der Waals surface area contributed by atoms with E-state index < -0.39 is 0 Å². The zero-order valence-electron chi connectivity index (χ0n) is 12.6. The molecule has 0 amide bonds. The molecule has 0 aromatic heterocycles. The van der Waals surface area contributed by atoms with Gasteiger partial charge in [0, 0.05) is 31.0 Å². The number of ketones is 1. The Morgan fingerprint density at radius 2 is 1.86 bits per heavy atom. The summed E-state index contributed by atoms with van der Waals surface area (Å²) in [5, 5.41) is 3.59. The third-order valence-electron chi connectivity index (χ3n) is 4.75. The molecular weight excluding hydrogens is 262 g/mol. The van der Waals surface area contributed by atoms with Gasteiger partial charge < -0.3 is 10.1 Å². The maximum atomic E-state index is 12.3. The van der Waals surface area contributed by atoms with E-state index in [1.165, 1.54) is 18.4 Å². The highest BCUT2D eigenvalue weighted by molar-refractivity contribution is 5.81. The Labute approximate surface area is 127 Å². The molecule has 2 atom stereocenters. The van der Waals surface area contributed by atoms with Gasteiger partial charge in [-0.05, 0) is 37.7 Å². The molecule has 21 heavy (non-hydrogen) atoms. The van der Waals surface area contributed by atoms with Crippen molar-refractivity contribution in [2.24, 2.45) is 5.92 Å². The molecule has 1 aromatic carbocycles. The molecular formula is C18H25NO2. The monoisotopic (exact) mass is 287 g/mol. The molecule has 3 nitrogen and oxygen atoms in total. The lowest BCUT2D eigenvalue weighted by molar-refractivity contribution is -0.124. The molecule has 1 aromatic rings. The van der Waals surface area contributed by atoms with Crippen LogP contribution in [0.25, 0.3) is 0 Å². The quantitative estimate of drug-likeness (QED) is 0.783. The van der Waals surface area contributed by atoms with Crippen LogP contribution in [-0.4, -0.2) is 24.5 Å². The molecule has 2 aliphatic rings. The molecule has 2 unspecified atom stereocenters. The van der Waals surface area contributed by atoms with Gasteiger partial charge in [0.15, 0.2) is 0 Å². The Kier molecular flexibility index (Phi) is 5.04. The van der Waals surface area contributed by atoms with Gasteiger partial charge >= 0.3 is 0 Å². The third kappa shape index (κ3) is 4.14. The zero-order chi connectivity index (χ0) is 14.5. The van der Waals surface area contributed by atoms with Crippen LogP contribution >= 0.6 is 0 Å². The average molecular weight is 287 g/mol. The zero-order valence-corrected chi connectivity index (χ0v) is 12.6. The molecule has 0 aliphatic carbocycles. The van der Waals surface area contributed by atoms with E-state index in [1.54, 1.807) is 0 Å². The molecule has 2 bridgehead atoms. The molecule has 3 rings (SSSR count). The topological polar surface area (TPSA) is 38.3 Å². The second-order valence-electron chi connectivity index (χ2n) is 6.41. The predicted octanol–water partition coefficient (Wildman–Crippen LogP) is 3.08. The van der Waals surface area contributed by atoms with Crippen LogP contribution in [0.15, 0.2) is 30.3 Å². The number of rotatable bonds is 7. The average Bonchev–Trinajstić information content (AvgIpc) is 2.86. The molecule has 1 N–H and O–H groups in total. The Morgan fingerprint density at radius 3 is 2.57 bits per heavy atom. The number of fused-ring (bicyclic) bond motifs is 2. The van der Waals surface area contributed by atoms with Crippen molar-refractivity contribution in [3.63, 3.8) is 0 Å². The van der Waals surface area contributed by atoms with Crippen molar-refractivity contribution in [2.75, 3.05) is 6.61 Å². The second kappa shape index (κ2) is 7.19. The number of benzene rings is 1. The van der Waals surface area contributed by atoms with Gasteiger partial charge in [-0.3, -0.25) is 4.79 Å². The van der Waals surface area contributed by atoms with E-state index in [0.29, 0.717) is 43.4 Å². The van der Waals surface area contributed by atoms with Crippen LogP contribution in [0.3, 0.4) is 0 Å². The number of carbonyl (C=O) groups excluding carboxylic acids is 1. The number of ether oxygens (including phenoxy) is 1. The van der Waals surface area contributed by atoms with Crippen LogP contribution < -0.4 is 5.32 Å². The lowest BCUT2D eigenvalue weighted by Crippen LogP contribution is -2.40. The molecule has 0 spiro atoms. The highest BCUT2D eigenvalue weighted by Crippen LogP contribution is 2.32. The van der Waals surface area contributed by atoms with E-state index in [9.17, 15) is 4.79 Å². The summed E-state index contributed by atoms with van der Waals surface area (Å²) in [5.41, 5.74) is 1.19. The summed E-state index contributed by atoms with van der Waals surface area (Å²) in [6, 6.07) is 11.4. The number of nitrogens with one attached hydrogen (secondary N) is 1. The van der Waals surface area contributed by atoms with Crippen LogP contribution in [0.5, 0.6) is 0 Å². The minimum absolute atomic E-state index is 0.304. The van der Waals surface area contributed by atoms with E-state index in [2.05, 4.69) is 17.4 Å². The van der Waals surface area contributed by atoms with Gasteiger partial charge in [-0.15, -0.1) is 0 Å². The van der Waals surface area contributed by atoms with Crippen LogP contribution in [0, 0.1) is 5.92 Å². The Bertz CT molecular complexity index is 448. The number of hydrogen-bond acceptors (Lipinski definition) is 3. The van der Waals surface area contributed by atoms with Gasteiger partial charge in [-0.1, -0.05) is 30.3 Å². The second-order valence-corrected chi connectivity index (χ2v) is 6.41. The van der Waals surface area contributed by atoms with Crippen LogP contribution in [0.2, 0.25) is 0 Å². The maximum Gasteiger partial charge on any atom is 0.136 e. The largest absolute Gasteiger partial charge is 0.377 e. The Balaban J connectivity index is 1.31. The van der Waals surface area contributed by atoms with Gasteiger partial charge in [-0.25, -0.2) is 0 Å². The summed E-state index contributed by atoms with van der Waals surface area (Å²) in [4.78, 5) is 12.3. The molecule has 114 valence electrons. The van der Waals surface area contributed by atoms with Crippen molar-refractivity contribution < 1.29 is 9.53 Å². The lowest BCUT2D eigenvalue weighted by atomic mass is 9.87. The first-order valence-corrected chi connectivity index (χ1v) is 8.21. The highest BCUT2D eigenvalue weighted by Gasteiger charge is 2.35. The smallest absolute Gasteiger partial charge is 0.136 e. The Morgan fingerprint density at radius 1 is 1.14 bits per heavy atom. The molecule has 2 heterocycles. The van der Waals surface area contributed by atoms with Gasteiger partial charge in [-0.2, -0.15) is 0 Å². The van der Waals surface area contributed by atoms with Gasteiger partial charge in [0.25, 0.3) is 0 Å². The summed E-state index contributed by atoms with van der Waals surface area (Å²) >= 11 is 0. The van der Waals surface area contributed by atoms with Crippen LogP contribution in [0.4, 0.5) is 0 Å².